The fraction of sp³-hybridized carbons (Fsp3) is 0.412. The zero-order valence-corrected chi connectivity index (χ0v) is 14.5. The van der Waals surface area contributed by atoms with Crippen LogP contribution in [0.3, 0.4) is 0 Å². The van der Waals surface area contributed by atoms with Crippen LogP contribution in [0.4, 0.5) is 5.82 Å². The number of rotatable bonds is 3. The van der Waals surface area contributed by atoms with E-state index in [2.05, 4.69) is 10.3 Å². The van der Waals surface area contributed by atoms with E-state index in [9.17, 15) is 14.4 Å². The second kappa shape index (κ2) is 6.54. The van der Waals surface area contributed by atoms with Gasteiger partial charge in [-0.2, -0.15) is 0 Å². The molecule has 0 spiro atoms. The van der Waals surface area contributed by atoms with Gasteiger partial charge in [0.05, 0.1) is 6.04 Å². The molecule has 3 heterocycles. The van der Waals surface area contributed by atoms with E-state index in [-0.39, 0.29) is 17.6 Å². The first-order chi connectivity index (χ1) is 11.9. The number of likely N-dealkylation sites (tertiary alicyclic amines) is 1. The van der Waals surface area contributed by atoms with E-state index in [0.717, 1.165) is 28.8 Å². The van der Waals surface area contributed by atoms with Gasteiger partial charge >= 0.3 is 5.69 Å². The van der Waals surface area contributed by atoms with E-state index in [1.54, 1.807) is 18.1 Å². The number of carbonyl (C=O) groups excluding carboxylic acids is 1. The Balaban J connectivity index is 1.99. The zero-order chi connectivity index (χ0) is 18.1. The van der Waals surface area contributed by atoms with Crippen LogP contribution in [-0.2, 0) is 14.1 Å². The third kappa shape index (κ3) is 2.95. The molecule has 0 unspecified atom stereocenters. The van der Waals surface area contributed by atoms with Crippen molar-refractivity contribution in [2.45, 2.75) is 18.9 Å². The van der Waals surface area contributed by atoms with Gasteiger partial charge in [0.25, 0.3) is 11.5 Å². The van der Waals surface area contributed by atoms with E-state index in [1.165, 1.54) is 24.7 Å². The summed E-state index contributed by atoms with van der Waals surface area (Å²) in [5.41, 5.74) is 0.110. The van der Waals surface area contributed by atoms with Crippen LogP contribution in [0.25, 0.3) is 0 Å². The van der Waals surface area contributed by atoms with Gasteiger partial charge in [-0.25, -0.2) is 9.78 Å². The van der Waals surface area contributed by atoms with Gasteiger partial charge in [0.15, 0.2) is 0 Å². The maximum Gasteiger partial charge on any atom is 0.331 e. The van der Waals surface area contributed by atoms with Crippen LogP contribution in [0.2, 0.25) is 0 Å². The highest BCUT2D eigenvalue weighted by molar-refractivity contribution is 5.93. The summed E-state index contributed by atoms with van der Waals surface area (Å²) in [5.74, 6) is 0.431. The molecular formula is C17H21N5O3. The molecule has 8 nitrogen and oxygen atoms in total. The average molecular weight is 343 g/mol. The molecule has 2 aromatic rings. The van der Waals surface area contributed by atoms with Crippen molar-refractivity contribution in [2.75, 3.05) is 18.9 Å². The van der Waals surface area contributed by atoms with E-state index >= 15 is 0 Å². The highest BCUT2D eigenvalue weighted by Gasteiger charge is 2.32. The highest BCUT2D eigenvalue weighted by atomic mass is 16.2. The Kier molecular flexibility index (Phi) is 4.43. The first-order valence-corrected chi connectivity index (χ1v) is 8.15. The molecule has 1 atom stereocenters. The van der Waals surface area contributed by atoms with E-state index in [0.29, 0.717) is 6.54 Å². The van der Waals surface area contributed by atoms with Gasteiger partial charge in [-0.3, -0.25) is 18.7 Å². The van der Waals surface area contributed by atoms with Crippen molar-refractivity contribution in [3.8, 4) is 0 Å². The van der Waals surface area contributed by atoms with Crippen LogP contribution in [-0.4, -0.2) is 38.5 Å². The lowest BCUT2D eigenvalue weighted by Gasteiger charge is -2.26. The number of nitrogens with zero attached hydrogens (tertiary/aromatic N) is 4. The number of anilines is 1. The second-order valence-corrected chi connectivity index (χ2v) is 6.15. The Hall–Kier alpha value is -2.90. The minimum atomic E-state index is -0.507. The molecule has 1 aliphatic heterocycles. The molecule has 1 N–H and O–H groups in total. The highest BCUT2D eigenvalue weighted by Crippen LogP contribution is 2.33. The first kappa shape index (κ1) is 16.9. The summed E-state index contributed by atoms with van der Waals surface area (Å²) >= 11 is 0. The number of hydrogen-bond donors (Lipinski definition) is 1. The summed E-state index contributed by atoms with van der Waals surface area (Å²) in [7, 11) is 4.69. The van der Waals surface area contributed by atoms with Gasteiger partial charge in [0, 0.05) is 40.0 Å². The molecule has 132 valence electrons. The van der Waals surface area contributed by atoms with Crippen molar-refractivity contribution in [2.24, 2.45) is 14.1 Å². The predicted octanol–water partition coefficient (Wildman–Crippen LogP) is 0.498. The van der Waals surface area contributed by atoms with Crippen LogP contribution in [0.15, 0.2) is 34.0 Å². The zero-order valence-electron chi connectivity index (χ0n) is 14.5. The predicted molar refractivity (Wildman–Crippen MR) is 93.7 cm³/mol. The molecule has 0 radical (unpaired) electrons. The van der Waals surface area contributed by atoms with E-state index in [1.807, 2.05) is 12.1 Å². The van der Waals surface area contributed by atoms with E-state index in [4.69, 9.17) is 0 Å². The molecule has 1 fully saturated rings. The maximum atomic E-state index is 13.0. The van der Waals surface area contributed by atoms with Crippen molar-refractivity contribution in [3.05, 3.63) is 56.5 Å². The Morgan fingerprint density at radius 2 is 2.00 bits per heavy atom. The van der Waals surface area contributed by atoms with Crippen LogP contribution in [0, 0.1) is 0 Å². The minimum absolute atomic E-state index is 0.0956. The van der Waals surface area contributed by atoms with Gasteiger partial charge in [0.1, 0.15) is 11.5 Å². The van der Waals surface area contributed by atoms with Gasteiger partial charge < -0.3 is 10.2 Å². The van der Waals surface area contributed by atoms with Crippen molar-refractivity contribution in [1.29, 1.82) is 0 Å². The summed E-state index contributed by atoms with van der Waals surface area (Å²) in [6, 6.07) is 4.94. The third-order valence-electron chi connectivity index (χ3n) is 4.68. The lowest BCUT2D eigenvalue weighted by atomic mass is 10.1. The molecule has 2 aromatic heterocycles. The summed E-state index contributed by atoms with van der Waals surface area (Å²) in [5, 5.41) is 2.99. The Labute approximate surface area is 144 Å². The summed E-state index contributed by atoms with van der Waals surface area (Å²) < 4.78 is 2.21. The topological polar surface area (TPSA) is 89.2 Å². The Morgan fingerprint density at radius 3 is 2.72 bits per heavy atom. The Morgan fingerprint density at radius 1 is 1.24 bits per heavy atom. The lowest BCUT2D eigenvalue weighted by molar-refractivity contribution is 0.0723. The monoisotopic (exact) mass is 343 g/mol. The molecule has 3 rings (SSSR count). The van der Waals surface area contributed by atoms with Crippen molar-refractivity contribution < 1.29 is 4.79 Å². The van der Waals surface area contributed by atoms with Crippen LogP contribution in [0.1, 0.15) is 34.9 Å². The van der Waals surface area contributed by atoms with Gasteiger partial charge in [-0.15, -0.1) is 0 Å². The van der Waals surface area contributed by atoms with E-state index < -0.39 is 11.2 Å². The van der Waals surface area contributed by atoms with Crippen molar-refractivity contribution in [1.82, 2.24) is 19.0 Å². The van der Waals surface area contributed by atoms with Gasteiger partial charge in [0.2, 0.25) is 0 Å². The number of nitrogens with one attached hydrogen (secondary N) is 1. The summed E-state index contributed by atoms with van der Waals surface area (Å²) in [6.07, 6.45) is 3.40. The fourth-order valence-electron chi connectivity index (χ4n) is 3.23. The normalized spacial score (nSPS) is 16.9. The molecule has 1 aliphatic rings. The smallest absolute Gasteiger partial charge is 0.331 e. The minimum Gasteiger partial charge on any atom is -0.373 e. The first-order valence-electron chi connectivity index (χ1n) is 8.15. The van der Waals surface area contributed by atoms with Crippen molar-refractivity contribution in [3.63, 3.8) is 0 Å². The van der Waals surface area contributed by atoms with Crippen LogP contribution >= 0.6 is 0 Å². The lowest BCUT2D eigenvalue weighted by Crippen LogP contribution is -2.42. The maximum absolute atomic E-state index is 13.0. The Bertz CT molecular complexity index is 931. The molecule has 25 heavy (non-hydrogen) atoms. The molecule has 0 aliphatic carbocycles. The number of aromatic nitrogens is 3. The molecule has 8 heteroatoms. The number of carbonyl (C=O) groups is 1. The van der Waals surface area contributed by atoms with Gasteiger partial charge in [-0.05, 0) is 30.5 Å². The number of amides is 1. The summed E-state index contributed by atoms with van der Waals surface area (Å²) in [6.45, 7) is 0.587. The molecular weight excluding hydrogens is 322 g/mol. The SMILES string of the molecule is CNc1cc([C@@H]2CCCN2C(=O)c2cc(=O)n(C)c(=O)n2C)ccn1. The molecule has 0 aromatic carbocycles. The summed E-state index contributed by atoms with van der Waals surface area (Å²) in [4.78, 5) is 43.0. The van der Waals surface area contributed by atoms with Crippen LogP contribution in [0.5, 0.6) is 0 Å². The second-order valence-electron chi connectivity index (χ2n) is 6.15. The molecule has 1 amide bonds. The molecule has 0 saturated carbocycles. The van der Waals surface area contributed by atoms with Gasteiger partial charge in [-0.1, -0.05) is 0 Å². The third-order valence-corrected chi connectivity index (χ3v) is 4.68. The average Bonchev–Trinajstić information content (AvgIpc) is 3.12. The number of pyridine rings is 1. The fourth-order valence-corrected chi connectivity index (χ4v) is 3.23. The van der Waals surface area contributed by atoms with Crippen molar-refractivity contribution >= 4 is 11.7 Å². The molecule has 0 bridgehead atoms. The quantitative estimate of drug-likeness (QED) is 0.876. The largest absolute Gasteiger partial charge is 0.373 e. The standard InChI is InChI=1S/C17H21N5O3/c1-18-14-9-11(6-7-19-14)12-5-4-8-22(12)16(24)13-10-15(23)21(3)17(25)20(13)2/h6-7,9-10,12H,4-5,8H2,1-3H3,(H,18,19)/t12-/m0/s1. The van der Waals surface area contributed by atoms with Crippen LogP contribution < -0.4 is 16.6 Å². The number of hydrogen-bond acceptors (Lipinski definition) is 5. The molecule has 1 saturated heterocycles.